The smallest absolute Gasteiger partial charge is 0.162 e. The summed E-state index contributed by atoms with van der Waals surface area (Å²) in [7, 11) is 0. The average Bonchev–Trinajstić information content (AvgIpc) is 3.11. The van der Waals surface area contributed by atoms with Gasteiger partial charge in [0.25, 0.3) is 0 Å². The lowest BCUT2D eigenvalue weighted by Crippen LogP contribution is -2.37. The summed E-state index contributed by atoms with van der Waals surface area (Å²) in [5.74, 6) is 1.96. The van der Waals surface area contributed by atoms with E-state index in [1.54, 1.807) is 18.2 Å². The van der Waals surface area contributed by atoms with Gasteiger partial charge in [-0.1, -0.05) is 35.4 Å². The first-order valence-corrected chi connectivity index (χ1v) is 9.46. The number of likely N-dealkylation sites (tertiary alicyclic amines) is 1. The van der Waals surface area contributed by atoms with Crippen molar-refractivity contribution in [3.05, 3.63) is 46.1 Å². The van der Waals surface area contributed by atoms with E-state index in [0.717, 1.165) is 42.9 Å². The molecule has 130 valence electrons. The van der Waals surface area contributed by atoms with E-state index in [0.29, 0.717) is 33.9 Å². The third kappa shape index (κ3) is 4.36. The van der Waals surface area contributed by atoms with Crippen molar-refractivity contribution in [2.24, 2.45) is 5.92 Å². The van der Waals surface area contributed by atoms with Gasteiger partial charge in [-0.3, -0.25) is 0 Å². The van der Waals surface area contributed by atoms with E-state index in [4.69, 9.17) is 45.1 Å². The van der Waals surface area contributed by atoms with E-state index in [-0.39, 0.29) is 0 Å². The fourth-order valence-corrected chi connectivity index (χ4v) is 3.81. The molecule has 1 aromatic heterocycles. The summed E-state index contributed by atoms with van der Waals surface area (Å²) in [4.78, 5) is 2.91. The van der Waals surface area contributed by atoms with Crippen molar-refractivity contribution in [1.29, 1.82) is 5.26 Å². The van der Waals surface area contributed by atoms with Gasteiger partial charge in [-0.05, 0) is 55.5 Å². The van der Waals surface area contributed by atoms with E-state index >= 15 is 0 Å². The van der Waals surface area contributed by atoms with Crippen LogP contribution in [0.25, 0.3) is 11.3 Å². The largest absolute Gasteiger partial charge is 0.454 e. The second-order valence-electron chi connectivity index (χ2n) is 6.22. The third-order valence-electron chi connectivity index (χ3n) is 4.58. The molecule has 25 heavy (non-hydrogen) atoms. The van der Waals surface area contributed by atoms with Crippen LogP contribution in [0, 0.1) is 17.2 Å². The number of nitriles is 1. The summed E-state index contributed by atoms with van der Waals surface area (Å²) in [5, 5.41) is 9.91. The van der Waals surface area contributed by atoms with Crippen LogP contribution in [0.1, 0.15) is 31.4 Å². The maximum Gasteiger partial charge on any atom is 0.162 e. The molecule has 0 unspecified atom stereocenters. The molecular formula is C19H18Cl2N2OS. The molecule has 0 saturated carbocycles. The summed E-state index contributed by atoms with van der Waals surface area (Å²) in [6.45, 7) is 1.81. The van der Waals surface area contributed by atoms with Gasteiger partial charge in [-0.2, -0.15) is 5.26 Å². The van der Waals surface area contributed by atoms with Crippen molar-refractivity contribution in [2.75, 3.05) is 13.1 Å². The fourth-order valence-electron chi connectivity index (χ4n) is 3.13. The van der Waals surface area contributed by atoms with Crippen molar-refractivity contribution in [3.8, 4) is 17.4 Å². The lowest BCUT2D eigenvalue weighted by atomic mass is 9.92. The maximum atomic E-state index is 8.71. The summed E-state index contributed by atoms with van der Waals surface area (Å²) in [5.41, 5.74) is 0.762. The molecule has 3 nitrogen and oxygen atoms in total. The zero-order chi connectivity index (χ0) is 17.8. The maximum absolute atomic E-state index is 8.71. The van der Waals surface area contributed by atoms with Crippen LogP contribution in [-0.4, -0.2) is 23.0 Å². The number of hydrogen-bond acceptors (Lipinski definition) is 3. The molecule has 0 radical (unpaired) electrons. The molecule has 0 amide bonds. The van der Waals surface area contributed by atoms with Gasteiger partial charge in [-0.15, -0.1) is 0 Å². The van der Waals surface area contributed by atoms with Gasteiger partial charge in [0.15, 0.2) is 5.76 Å². The Hall–Kier alpha value is -1.54. The zero-order valence-corrected chi connectivity index (χ0v) is 16.0. The minimum Gasteiger partial charge on any atom is -0.454 e. The summed E-state index contributed by atoms with van der Waals surface area (Å²) < 4.78 is 5.94. The van der Waals surface area contributed by atoms with E-state index < -0.39 is 0 Å². The zero-order valence-electron chi connectivity index (χ0n) is 13.7. The molecule has 1 aliphatic rings. The molecule has 0 bridgehead atoms. The fraction of sp³-hybridized carbons (Fsp3) is 0.368. The normalized spacial score (nSPS) is 15.2. The van der Waals surface area contributed by atoms with Gasteiger partial charge in [-0.25, -0.2) is 0 Å². The first kappa shape index (κ1) is 18.3. The number of rotatable bonds is 4. The Morgan fingerprint density at radius 1 is 1.24 bits per heavy atom. The Morgan fingerprint density at radius 3 is 2.72 bits per heavy atom. The van der Waals surface area contributed by atoms with Crippen molar-refractivity contribution in [2.45, 2.75) is 25.7 Å². The van der Waals surface area contributed by atoms with Crippen molar-refractivity contribution >= 4 is 40.4 Å². The number of nitrogens with zero attached hydrogens (tertiary/aromatic N) is 2. The predicted molar refractivity (Wildman–Crippen MR) is 105 cm³/mol. The van der Waals surface area contributed by atoms with Gasteiger partial charge < -0.3 is 9.32 Å². The number of benzene rings is 1. The van der Waals surface area contributed by atoms with E-state index in [9.17, 15) is 0 Å². The lowest BCUT2D eigenvalue weighted by molar-refractivity contribution is 0.259. The number of halogens is 2. The van der Waals surface area contributed by atoms with Gasteiger partial charge in [0.1, 0.15) is 10.7 Å². The van der Waals surface area contributed by atoms with Gasteiger partial charge in [0.05, 0.1) is 11.1 Å². The summed E-state index contributed by atoms with van der Waals surface area (Å²) >= 11 is 17.9. The topological polar surface area (TPSA) is 40.2 Å². The Bertz CT molecular complexity index is 804. The number of piperidine rings is 1. The second-order valence-corrected chi connectivity index (χ2v) is 7.45. The minimum absolute atomic E-state index is 0.592. The molecule has 2 aromatic rings. The van der Waals surface area contributed by atoms with Crippen molar-refractivity contribution < 1.29 is 4.42 Å². The third-order valence-corrected chi connectivity index (χ3v) is 5.60. The summed E-state index contributed by atoms with van der Waals surface area (Å²) in [6.07, 6.45) is 3.75. The van der Waals surface area contributed by atoms with Crippen LogP contribution in [0.5, 0.6) is 0 Å². The molecule has 0 N–H and O–H groups in total. The van der Waals surface area contributed by atoms with Crippen LogP contribution < -0.4 is 0 Å². The quantitative estimate of drug-likeness (QED) is 0.603. The molecule has 0 atom stereocenters. The molecule has 1 aliphatic heterocycles. The Kier molecular flexibility index (Phi) is 6.01. The Labute approximate surface area is 163 Å². The monoisotopic (exact) mass is 392 g/mol. The molecule has 0 spiro atoms. The summed E-state index contributed by atoms with van der Waals surface area (Å²) in [6, 6.07) is 11.3. The molecule has 0 aliphatic carbocycles. The molecule has 1 aromatic carbocycles. The van der Waals surface area contributed by atoms with Crippen molar-refractivity contribution in [1.82, 2.24) is 4.90 Å². The molecule has 3 rings (SSSR count). The highest BCUT2D eigenvalue weighted by Gasteiger charge is 2.23. The van der Waals surface area contributed by atoms with E-state index in [1.807, 2.05) is 12.1 Å². The van der Waals surface area contributed by atoms with Gasteiger partial charge >= 0.3 is 0 Å². The van der Waals surface area contributed by atoms with E-state index in [2.05, 4.69) is 11.0 Å². The first-order chi connectivity index (χ1) is 12.1. The lowest BCUT2D eigenvalue weighted by Gasteiger charge is -2.32. The highest BCUT2D eigenvalue weighted by atomic mass is 35.5. The minimum atomic E-state index is 0.592. The predicted octanol–water partition coefficient (Wildman–Crippen LogP) is 5.94. The van der Waals surface area contributed by atoms with Gasteiger partial charge in [0.2, 0.25) is 0 Å². The number of thiocarbonyl (C=S) groups is 1. The van der Waals surface area contributed by atoms with E-state index in [1.165, 1.54) is 0 Å². The van der Waals surface area contributed by atoms with Crippen LogP contribution in [-0.2, 0) is 0 Å². The molecular weight excluding hydrogens is 375 g/mol. The van der Waals surface area contributed by atoms with Crippen LogP contribution in [0.15, 0.2) is 34.7 Å². The average molecular weight is 393 g/mol. The Morgan fingerprint density at radius 2 is 2.00 bits per heavy atom. The number of hydrogen-bond donors (Lipinski definition) is 0. The van der Waals surface area contributed by atoms with Crippen LogP contribution in [0.3, 0.4) is 0 Å². The number of furan rings is 1. The first-order valence-electron chi connectivity index (χ1n) is 8.30. The SMILES string of the molecule is N#CCCC1CCN(C(=S)c2ccc(-c3cc(Cl)ccc3Cl)o2)CC1. The van der Waals surface area contributed by atoms with Gasteiger partial charge in [0, 0.05) is 30.1 Å². The van der Waals surface area contributed by atoms with Crippen LogP contribution in [0.2, 0.25) is 10.0 Å². The highest BCUT2D eigenvalue weighted by Crippen LogP contribution is 2.32. The molecule has 1 saturated heterocycles. The Balaban J connectivity index is 1.68. The highest BCUT2D eigenvalue weighted by molar-refractivity contribution is 7.80. The molecule has 2 heterocycles. The standard InChI is InChI=1S/C19H18Cl2N2OS/c20-14-3-4-16(21)15(12-14)17-5-6-18(24-17)19(25)23-10-7-13(8-11-23)2-1-9-22/h3-6,12-13H,1-2,7-8,10-11H2. The molecule has 6 heteroatoms. The van der Waals surface area contributed by atoms with Crippen LogP contribution in [0.4, 0.5) is 0 Å². The van der Waals surface area contributed by atoms with Crippen LogP contribution >= 0.6 is 35.4 Å². The molecule has 1 fully saturated rings. The van der Waals surface area contributed by atoms with Crippen molar-refractivity contribution in [3.63, 3.8) is 0 Å². The second kappa shape index (κ2) is 8.23.